The molecule has 1 aromatic rings. The highest BCUT2D eigenvalue weighted by molar-refractivity contribution is 6.01. The SMILES string of the molecule is CCNC(=O)C1CC(=O)N(c2ccccc2OC)C1. The molecule has 1 fully saturated rings. The van der Waals surface area contributed by atoms with Crippen molar-refractivity contribution in [3.63, 3.8) is 0 Å². The highest BCUT2D eigenvalue weighted by Gasteiger charge is 2.35. The van der Waals surface area contributed by atoms with Crippen LogP contribution in [0.4, 0.5) is 5.69 Å². The number of benzene rings is 1. The predicted molar refractivity (Wildman–Crippen MR) is 72.1 cm³/mol. The number of carbonyl (C=O) groups excluding carboxylic acids is 2. The van der Waals surface area contributed by atoms with Crippen molar-refractivity contribution >= 4 is 17.5 Å². The molecular weight excluding hydrogens is 244 g/mol. The molecule has 1 N–H and O–H groups in total. The summed E-state index contributed by atoms with van der Waals surface area (Å²) in [5.74, 6) is 0.263. The summed E-state index contributed by atoms with van der Waals surface area (Å²) in [6.45, 7) is 2.86. The van der Waals surface area contributed by atoms with Crippen LogP contribution < -0.4 is 15.0 Å². The first-order valence-electron chi connectivity index (χ1n) is 6.38. The molecule has 0 aliphatic carbocycles. The van der Waals surface area contributed by atoms with Gasteiger partial charge in [-0.3, -0.25) is 9.59 Å². The Bertz CT molecular complexity index is 487. The van der Waals surface area contributed by atoms with Crippen LogP contribution in [0.25, 0.3) is 0 Å². The molecule has 1 saturated heterocycles. The summed E-state index contributed by atoms with van der Waals surface area (Å²) in [4.78, 5) is 25.5. The molecule has 1 aromatic carbocycles. The number of para-hydroxylation sites is 2. The lowest BCUT2D eigenvalue weighted by atomic mass is 10.1. The number of ether oxygens (including phenoxy) is 1. The van der Waals surface area contributed by atoms with E-state index in [1.54, 1.807) is 12.0 Å². The summed E-state index contributed by atoms with van der Waals surface area (Å²) in [6, 6.07) is 7.34. The van der Waals surface area contributed by atoms with Gasteiger partial charge in [0.25, 0.3) is 0 Å². The van der Waals surface area contributed by atoms with Crippen LogP contribution in [0.3, 0.4) is 0 Å². The standard InChI is InChI=1S/C14H18N2O3/c1-3-15-14(18)10-8-13(17)16(9-10)11-6-4-5-7-12(11)19-2/h4-7,10H,3,8-9H2,1-2H3,(H,15,18). The number of amides is 2. The number of rotatable bonds is 4. The highest BCUT2D eigenvalue weighted by atomic mass is 16.5. The van der Waals surface area contributed by atoms with E-state index in [2.05, 4.69) is 5.32 Å². The summed E-state index contributed by atoms with van der Waals surface area (Å²) in [7, 11) is 1.57. The van der Waals surface area contributed by atoms with Gasteiger partial charge in [-0.2, -0.15) is 0 Å². The van der Waals surface area contributed by atoms with Crippen molar-refractivity contribution in [1.82, 2.24) is 5.32 Å². The van der Waals surface area contributed by atoms with Gasteiger partial charge in [0.1, 0.15) is 5.75 Å². The zero-order valence-electron chi connectivity index (χ0n) is 11.2. The molecule has 0 aromatic heterocycles. The molecule has 19 heavy (non-hydrogen) atoms. The molecule has 5 nitrogen and oxygen atoms in total. The topological polar surface area (TPSA) is 58.6 Å². The maximum atomic E-state index is 12.1. The van der Waals surface area contributed by atoms with Gasteiger partial charge in [-0.1, -0.05) is 12.1 Å². The lowest BCUT2D eigenvalue weighted by Crippen LogP contribution is -2.32. The molecule has 1 atom stereocenters. The fraction of sp³-hybridized carbons (Fsp3) is 0.429. The van der Waals surface area contributed by atoms with Gasteiger partial charge >= 0.3 is 0 Å². The van der Waals surface area contributed by atoms with Gasteiger partial charge < -0.3 is 15.0 Å². The Morgan fingerprint density at radius 3 is 2.89 bits per heavy atom. The van der Waals surface area contributed by atoms with Crippen molar-refractivity contribution in [3.05, 3.63) is 24.3 Å². The normalized spacial score (nSPS) is 18.5. The molecule has 1 aliphatic heterocycles. The van der Waals surface area contributed by atoms with E-state index in [0.717, 1.165) is 5.69 Å². The molecule has 102 valence electrons. The molecule has 0 bridgehead atoms. The zero-order valence-corrected chi connectivity index (χ0v) is 11.2. The first kappa shape index (κ1) is 13.4. The third kappa shape index (κ3) is 2.70. The van der Waals surface area contributed by atoms with Gasteiger partial charge in [0.05, 0.1) is 18.7 Å². The lowest BCUT2D eigenvalue weighted by molar-refractivity contribution is -0.126. The second kappa shape index (κ2) is 5.73. The number of anilines is 1. The Morgan fingerprint density at radius 1 is 1.47 bits per heavy atom. The van der Waals surface area contributed by atoms with E-state index in [0.29, 0.717) is 18.8 Å². The number of hydrogen-bond acceptors (Lipinski definition) is 3. The number of hydrogen-bond donors (Lipinski definition) is 1. The molecule has 0 spiro atoms. The molecule has 2 amide bonds. The zero-order chi connectivity index (χ0) is 13.8. The first-order valence-corrected chi connectivity index (χ1v) is 6.38. The van der Waals surface area contributed by atoms with Crippen LogP contribution in [0.15, 0.2) is 24.3 Å². The number of nitrogens with zero attached hydrogens (tertiary/aromatic N) is 1. The number of methoxy groups -OCH3 is 1. The van der Waals surface area contributed by atoms with Crippen molar-refractivity contribution in [1.29, 1.82) is 0 Å². The van der Waals surface area contributed by atoms with E-state index in [-0.39, 0.29) is 24.2 Å². The summed E-state index contributed by atoms with van der Waals surface area (Å²) >= 11 is 0. The predicted octanol–water partition coefficient (Wildman–Crippen LogP) is 1.18. The Kier molecular flexibility index (Phi) is 4.04. The van der Waals surface area contributed by atoms with Crippen molar-refractivity contribution in [2.24, 2.45) is 5.92 Å². The quantitative estimate of drug-likeness (QED) is 0.886. The third-order valence-electron chi connectivity index (χ3n) is 3.22. The number of carbonyl (C=O) groups is 2. The smallest absolute Gasteiger partial charge is 0.227 e. The highest BCUT2D eigenvalue weighted by Crippen LogP contribution is 2.32. The van der Waals surface area contributed by atoms with Gasteiger partial charge in [-0.25, -0.2) is 0 Å². The van der Waals surface area contributed by atoms with Crippen LogP contribution in [-0.2, 0) is 9.59 Å². The second-order valence-electron chi connectivity index (χ2n) is 4.47. The van der Waals surface area contributed by atoms with Gasteiger partial charge in [0, 0.05) is 19.5 Å². The monoisotopic (exact) mass is 262 g/mol. The van der Waals surface area contributed by atoms with Crippen molar-refractivity contribution in [2.45, 2.75) is 13.3 Å². The maximum Gasteiger partial charge on any atom is 0.227 e. The van der Waals surface area contributed by atoms with E-state index in [9.17, 15) is 9.59 Å². The van der Waals surface area contributed by atoms with Crippen molar-refractivity contribution in [3.8, 4) is 5.75 Å². The third-order valence-corrected chi connectivity index (χ3v) is 3.22. The summed E-state index contributed by atoms with van der Waals surface area (Å²) in [5, 5.41) is 2.76. The van der Waals surface area contributed by atoms with Crippen molar-refractivity contribution < 1.29 is 14.3 Å². The first-order chi connectivity index (χ1) is 9.17. The minimum Gasteiger partial charge on any atom is -0.495 e. The lowest BCUT2D eigenvalue weighted by Gasteiger charge is -2.19. The summed E-state index contributed by atoms with van der Waals surface area (Å²) in [5.41, 5.74) is 0.724. The molecule has 2 rings (SSSR count). The van der Waals surface area contributed by atoms with Crippen LogP contribution in [0.2, 0.25) is 0 Å². The molecule has 1 aliphatic rings. The number of nitrogens with one attached hydrogen (secondary N) is 1. The van der Waals surface area contributed by atoms with Gasteiger partial charge in [0.15, 0.2) is 0 Å². The Balaban J connectivity index is 2.18. The van der Waals surface area contributed by atoms with Crippen LogP contribution in [0.1, 0.15) is 13.3 Å². The van der Waals surface area contributed by atoms with Crippen LogP contribution >= 0.6 is 0 Å². The molecule has 1 heterocycles. The minimum atomic E-state index is -0.280. The van der Waals surface area contributed by atoms with Crippen molar-refractivity contribution in [2.75, 3.05) is 25.1 Å². The molecule has 5 heteroatoms. The van der Waals surface area contributed by atoms with E-state index in [4.69, 9.17) is 4.74 Å². The van der Waals surface area contributed by atoms with E-state index in [1.807, 2.05) is 31.2 Å². The van der Waals surface area contributed by atoms with E-state index in [1.165, 1.54) is 0 Å². The van der Waals surface area contributed by atoms with E-state index >= 15 is 0 Å². The fourth-order valence-corrected chi connectivity index (χ4v) is 2.29. The summed E-state index contributed by atoms with van der Waals surface area (Å²) < 4.78 is 5.25. The Hall–Kier alpha value is -2.04. The molecule has 0 radical (unpaired) electrons. The average Bonchev–Trinajstić information content (AvgIpc) is 2.81. The van der Waals surface area contributed by atoms with Crippen LogP contribution in [-0.4, -0.2) is 32.0 Å². The largest absolute Gasteiger partial charge is 0.495 e. The maximum absolute atomic E-state index is 12.1. The second-order valence-corrected chi connectivity index (χ2v) is 4.47. The van der Waals surface area contributed by atoms with Crippen LogP contribution in [0.5, 0.6) is 5.75 Å². The summed E-state index contributed by atoms with van der Waals surface area (Å²) in [6.07, 6.45) is 0.254. The van der Waals surface area contributed by atoms with Crippen LogP contribution in [0, 0.1) is 5.92 Å². The molecule has 0 saturated carbocycles. The average molecular weight is 262 g/mol. The molecule has 1 unspecified atom stereocenters. The minimum absolute atomic E-state index is 0.0410. The molecular formula is C14H18N2O3. The Labute approximate surface area is 112 Å². The Morgan fingerprint density at radius 2 is 2.21 bits per heavy atom. The van der Waals surface area contributed by atoms with Gasteiger partial charge in [-0.05, 0) is 19.1 Å². The fourth-order valence-electron chi connectivity index (χ4n) is 2.29. The van der Waals surface area contributed by atoms with E-state index < -0.39 is 0 Å². The van der Waals surface area contributed by atoms with Gasteiger partial charge in [0.2, 0.25) is 11.8 Å². The van der Waals surface area contributed by atoms with Gasteiger partial charge in [-0.15, -0.1) is 0 Å².